The third-order valence-corrected chi connectivity index (χ3v) is 3.23. The van der Waals surface area contributed by atoms with Crippen molar-refractivity contribution in [3.8, 4) is 0 Å². The lowest BCUT2D eigenvalue weighted by Crippen LogP contribution is -2.46. The van der Waals surface area contributed by atoms with Crippen LogP contribution in [0.5, 0.6) is 0 Å². The largest absolute Gasteiger partial charge is 0.396 e. The zero-order valence-corrected chi connectivity index (χ0v) is 12.5. The van der Waals surface area contributed by atoms with E-state index in [0.717, 1.165) is 39.1 Å². The molecule has 1 aromatic heterocycles. The van der Waals surface area contributed by atoms with E-state index in [9.17, 15) is 0 Å². The fourth-order valence-corrected chi connectivity index (χ4v) is 2.24. The van der Waals surface area contributed by atoms with Crippen molar-refractivity contribution in [3.05, 3.63) is 24.0 Å². The molecule has 108 valence electrons. The lowest BCUT2D eigenvalue weighted by molar-refractivity contribution is 0.216. The lowest BCUT2D eigenvalue weighted by atomic mass is 10.2. The zero-order valence-electron chi connectivity index (χ0n) is 12.5. The summed E-state index contributed by atoms with van der Waals surface area (Å²) in [5.74, 6) is 0. The molecule has 0 radical (unpaired) electrons. The van der Waals surface area contributed by atoms with Gasteiger partial charge in [-0.25, -0.2) is 0 Å². The highest BCUT2D eigenvalue weighted by atomic mass is 16.3. The number of nitrogens with zero attached hydrogens (tertiary/aromatic N) is 3. The van der Waals surface area contributed by atoms with Crippen LogP contribution in [-0.2, 0) is 0 Å². The molecule has 19 heavy (non-hydrogen) atoms. The predicted molar refractivity (Wildman–Crippen MR) is 80.7 cm³/mol. The molecule has 1 fully saturated rings. The van der Waals surface area contributed by atoms with Crippen LogP contribution in [0.4, 0.5) is 5.69 Å². The van der Waals surface area contributed by atoms with Crippen LogP contribution in [0, 0.1) is 6.92 Å². The molecule has 4 heteroatoms. The molecule has 0 amide bonds. The van der Waals surface area contributed by atoms with Crippen LogP contribution in [-0.4, -0.2) is 54.3 Å². The van der Waals surface area contributed by atoms with E-state index >= 15 is 0 Å². The minimum absolute atomic E-state index is 0.294. The Kier molecular flexibility index (Phi) is 7.45. The van der Waals surface area contributed by atoms with E-state index < -0.39 is 0 Å². The molecule has 1 aliphatic heterocycles. The highest BCUT2D eigenvalue weighted by Crippen LogP contribution is 2.16. The number of rotatable bonds is 4. The van der Waals surface area contributed by atoms with Gasteiger partial charge in [-0.3, -0.25) is 9.88 Å². The van der Waals surface area contributed by atoms with Gasteiger partial charge >= 0.3 is 0 Å². The summed E-state index contributed by atoms with van der Waals surface area (Å²) in [6.07, 6.45) is 4.71. The van der Waals surface area contributed by atoms with E-state index in [4.69, 9.17) is 5.11 Å². The summed E-state index contributed by atoms with van der Waals surface area (Å²) in [7, 11) is 0. The van der Waals surface area contributed by atoms with Crippen molar-refractivity contribution in [3.63, 3.8) is 0 Å². The standard InChI is InChI=1S/C13H21N3O.C2H6/c1-12-9-13(11-14-10-12)16-6-4-15(5-7-16)3-2-8-17;1-2/h9-11,17H,2-8H2,1H3;1-2H3. The summed E-state index contributed by atoms with van der Waals surface area (Å²) in [5.41, 5.74) is 2.44. The molecule has 1 aliphatic rings. The topological polar surface area (TPSA) is 39.6 Å². The molecule has 4 nitrogen and oxygen atoms in total. The summed E-state index contributed by atoms with van der Waals surface area (Å²) in [4.78, 5) is 9.04. The minimum atomic E-state index is 0.294. The van der Waals surface area contributed by atoms with Gasteiger partial charge in [0.15, 0.2) is 0 Å². The van der Waals surface area contributed by atoms with Crippen LogP contribution < -0.4 is 4.90 Å². The smallest absolute Gasteiger partial charge is 0.0556 e. The first-order valence-corrected chi connectivity index (χ1v) is 7.29. The third-order valence-electron chi connectivity index (χ3n) is 3.23. The Bertz CT molecular complexity index is 349. The first-order valence-electron chi connectivity index (χ1n) is 7.29. The highest BCUT2D eigenvalue weighted by Gasteiger charge is 2.16. The van der Waals surface area contributed by atoms with Gasteiger partial charge in [0.25, 0.3) is 0 Å². The molecule has 1 N–H and O–H groups in total. The molecule has 1 saturated heterocycles. The van der Waals surface area contributed by atoms with E-state index in [-0.39, 0.29) is 0 Å². The number of aromatic nitrogens is 1. The van der Waals surface area contributed by atoms with Gasteiger partial charge in [-0.1, -0.05) is 13.8 Å². The Morgan fingerprint density at radius 1 is 1.16 bits per heavy atom. The van der Waals surface area contributed by atoms with Crippen molar-refractivity contribution in [2.75, 3.05) is 44.2 Å². The predicted octanol–water partition coefficient (Wildman–Crippen LogP) is 1.92. The Morgan fingerprint density at radius 2 is 1.84 bits per heavy atom. The second kappa shape index (κ2) is 8.88. The molecule has 0 bridgehead atoms. The molecule has 0 atom stereocenters. The highest BCUT2D eigenvalue weighted by molar-refractivity contribution is 5.46. The van der Waals surface area contributed by atoms with Crippen molar-refractivity contribution < 1.29 is 5.11 Å². The average molecular weight is 265 g/mol. The van der Waals surface area contributed by atoms with E-state index in [1.807, 2.05) is 26.2 Å². The SMILES string of the molecule is CC.Cc1cncc(N2CCN(CCCO)CC2)c1. The van der Waals surface area contributed by atoms with E-state index in [0.29, 0.717) is 6.61 Å². The second-order valence-corrected chi connectivity index (χ2v) is 4.63. The van der Waals surface area contributed by atoms with E-state index in [1.165, 1.54) is 11.3 Å². The van der Waals surface area contributed by atoms with Crippen molar-refractivity contribution in [1.29, 1.82) is 0 Å². The van der Waals surface area contributed by atoms with Crippen LogP contribution >= 0.6 is 0 Å². The molecule has 1 aromatic rings. The summed E-state index contributed by atoms with van der Waals surface area (Å²) in [5, 5.41) is 8.81. The molecular formula is C15H27N3O. The molecule has 2 heterocycles. The number of aryl methyl sites for hydroxylation is 1. The van der Waals surface area contributed by atoms with Crippen LogP contribution in [0.15, 0.2) is 18.5 Å². The Hall–Kier alpha value is -1.13. The molecule has 0 aliphatic carbocycles. The molecule has 2 rings (SSSR count). The van der Waals surface area contributed by atoms with Crippen LogP contribution in [0.1, 0.15) is 25.8 Å². The Morgan fingerprint density at radius 3 is 2.42 bits per heavy atom. The van der Waals surface area contributed by atoms with E-state index in [1.54, 1.807) is 0 Å². The van der Waals surface area contributed by atoms with Crippen molar-refractivity contribution in [1.82, 2.24) is 9.88 Å². The quantitative estimate of drug-likeness (QED) is 0.903. The summed E-state index contributed by atoms with van der Waals surface area (Å²) in [6.45, 7) is 11.6. The van der Waals surface area contributed by atoms with Crippen molar-refractivity contribution in [2.24, 2.45) is 0 Å². The van der Waals surface area contributed by atoms with Crippen LogP contribution in [0.2, 0.25) is 0 Å². The number of aliphatic hydroxyl groups is 1. The van der Waals surface area contributed by atoms with Crippen molar-refractivity contribution in [2.45, 2.75) is 27.2 Å². The number of aliphatic hydroxyl groups excluding tert-OH is 1. The number of hydrogen-bond donors (Lipinski definition) is 1. The monoisotopic (exact) mass is 265 g/mol. The van der Waals surface area contributed by atoms with E-state index in [2.05, 4.69) is 27.8 Å². The third kappa shape index (κ3) is 5.17. The fourth-order valence-electron chi connectivity index (χ4n) is 2.24. The molecule has 0 aromatic carbocycles. The van der Waals surface area contributed by atoms with Gasteiger partial charge in [0.05, 0.1) is 11.9 Å². The fraction of sp³-hybridized carbons (Fsp3) is 0.667. The first-order chi connectivity index (χ1) is 9.29. The zero-order chi connectivity index (χ0) is 14.1. The maximum atomic E-state index is 8.81. The lowest BCUT2D eigenvalue weighted by Gasteiger charge is -2.35. The summed E-state index contributed by atoms with van der Waals surface area (Å²) < 4.78 is 0. The number of pyridine rings is 1. The molecule has 0 spiro atoms. The van der Waals surface area contributed by atoms with Crippen LogP contribution in [0.3, 0.4) is 0 Å². The first kappa shape index (κ1) is 15.9. The summed E-state index contributed by atoms with van der Waals surface area (Å²) >= 11 is 0. The number of hydrogen-bond acceptors (Lipinski definition) is 4. The van der Waals surface area contributed by atoms with Gasteiger partial charge < -0.3 is 10.0 Å². The Balaban J connectivity index is 0.000000861. The maximum Gasteiger partial charge on any atom is 0.0556 e. The normalized spacial score (nSPS) is 15.9. The second-order valence-electron chi connectivity index (χ2n) is 4.63. The van der Waals surface area contributed by atoms with Gasteiger partial charge in [-0.15, -0.1) is 0 Å². The minimum Gasteiger partial charge on any atom is -0.396 e. The average Bonchev–Trinajstić information content (AvgIpc) is 2.48. The maximum absolute atomic E-state index is 8.81. The van der Waals surface area contributed by atoms with Gasteiger partial charge in [-0.05, 0) is 25.0 Å². The number of piperazine rings is 1. The van der Waals surface area contributed by atoms with Crippen LogP contribution in [0.25, 0.3) is 0 Å². The van der Waals surface area contributed by atoms with Gasteiger partial charge in [0.1, 0.15) is 0 Å². The Labute approximate surface area is 117 Å². The summed E-state index contributed by atoms with van der Waals surface area (Å²) in [6, 6.07) is 2.19. The molecular weight excluding hydrogens is 238 g/mol. The van der Waals surface area contributed by atoms with Gasteiger partial charge in [-0.2, -0.15) is 0 Å². The van der Waals surface area contributed by atoms with Crippen molar-refractivity contribution >= 4 is 5.69 Å². The van der Waals surface area contributed by atoms with Gasteiger partial charge in [0.2, 0.25) is 0 Å². The van der Waals surface area contributed by atoms with Gasteiger partial charge in [0, 0.05) is 45.5 Å². The molecule has 0 saturated carbocycles. The molecule has 0 unspecified atom stereocenters. The number of anilines is 1.